The number of carbonyl (C=O) groups is 2. The molecule has 5 heteroatoms. The molecule has 0 aliphatic carbocycles. The summed E-state index contributed by atoms with van der Waals surface area (Å²) in [6.45, 7) is 4.98. The Morgan fingerprint density at radius 3 is 2.58 bits per heavy atom. The Labute approximate surface area is 155 Å². The van der Waals surface area contributed by atoms with Crippen molar-refractivity contribution in [3.8, 4) is 0 Å². The Bertz CT molecular complexity index is 758. The third-order valence-corrected chi connectivity index (χ3v) is 4.15. The number of amides is 3. The Hall–Kier alpha value is -2.82. The average Bonchev–Trinajstić information content (AvgIpc) is 2.62. The molecule has 26 heavy (non-hydrogen) atoms. The lowest BCUT2D eigenvalue weighted by Crippen LogP contribution is -2.36. The average molecular weight is 353 g/mol. The molecule has 2 aromatic carbocycles. The number of benzene rings is 2. The summed E-state index contributed by atoms with van der Waals surface area (Å²) in [6, 6.07) is 15.4. The second kappa shape index (κ2) is 9.61. The van der Waals surface area contributed by atoms with Gasteiger partial charge in [0.2, 0.25) is 5.91 Å². The fourth-order valence-electron chi connectivity index (χ4n) is 2.64. The Balaban J connectivity index is 1.88. The number of hydrogen-bond donors (Lipinski definition) is 2. The first kappa shape index (κ1) is 19.5. The van der Waals surface area contributed by atoms with Crippen molar-refractivity contribution in [2.75, 3.05) is 12.4 Å². The van der Waals surface area contributed by atoms with E-state index in [1.54, 1.807) is 11.9 Å². The van der Waals surface area contributed by atoms with Crippen LogP contribution in [-0.2, 0) is 17.9 Å². The van der Waals surface area contributed by atoms with E-state index in [0.717, 1.165) is 23.2 Å². The predicted molar refractivity (Wildman–Crippen MR) is 105 cm³/mol. The molecule has 0 unspecified atom stereocenters. The highest BCUT2D eigenvalue weighted by Crippen LogP contribution is 2.12. The van der Waals surface area contributed by atoms with E-state index in [2.05, 4.69) is 10.6 Å². The number of nitrogens with zero attached hydrogens (tertiary/aromatic N) is 1. The van der Waals surface area contributed by atoms with Crippen molar-refractivity contribution in [2.45, 2.75) is 39.8 Å². The van der Waals surface area contributed by atoms with Crippen LogP contribution in [0.3, 0.4) is 0 Å². The zero-order valence-electron chi connectivity index (χ0n) is 15.7. The van der Waals surface area contributed by atoms with Crippen LogP contribution in [0.1, 0.15) is 36.5 Å². The molecule has 2 aromatic rings. The number of hydrogen-bond acceptors (Lipinski definition) is 2. The second-order valence-corrected chi connectivity index (χ2v) is 6.44. The zero-order chi connectivity index (χ0) is 18.9. The molecule has 0 saturated carbocycles. The van der Waals surface area contributed by atoms with Gasteiger partial charge in [-0.3, -0.25) is 4.79 Å². The highest BCUT2D eigenvalue weighted by atomic mass is 16.2. The summed E-state index contributed by atoms with van der Waals surface area (Å²) >= 11 is 0. The lowest BCUT2D eigenvalue weighted by atomic mass is 10.1. The van der Waals surface area contributed by atoms with Gasteiger partial charge in [-0.25, -0.2) is 4.79 Å². The first-order valence-corrected chi connectivity index (χ1v) is 8.92. The molecule has 2 N–H and O–H groups in total. The van der Waals surface area contributed by atoms with Crippen molar-refractivity contribution >= 4 is 17.6 Å². The van der Waals surface area contributed by atoms with E-state index in [1.165, 1.54) is 5.56 Å². The van der Waals surface area contributed by atoms with Crippen molar-refractivity contribution < 1.29 is 9.59 Å². The molecule has 0 saturated heterocycles. The van der Waals surface area contributed by atoms with Gasteiger partial charge in [0.1, 0.15) is 0 Å². The summed E-state index contributed by atoms with van der Waals surface area (Å²) in [6.07, 6.45) is 1.32. The summed E-state index contributed by atoms with van der Waals surface area (Å²) in [5, 5.41) is 5.79. The minimum atomic E-state index is -0.131. The predicted octanol–water partition coefficient (Wildman–Crippen LogP) is 4.08. The van der Waals surface area contributed by atoms with Gasteiger partial charge in [0.05, 0.1) is 0 Å². The number of urea groups is 1. The molecule has 0 fully saturated rings. The third-order valence-electron chi connectivity index (χ3n) is 4.15. The number of rotatable bonds is 7. The van der Waals surface area contributed by atoms with Crippen LogP contribution in [0.4, 0.5) is 10.5 Å². The van der Waals surface area contributed by atoms with Crippen LogP contribution in [0.25, 0.3) is 0 Å². The van der Waals surface area contributed by atoms with E-state index in [9.17, 15) is 9.59 Å². The fraction of sp³-hybridized carbons (Fsp3) is 0.333. The van der Waals surface area contributed by atoms with Crippen LogP contribution in [0.2, 0.25) is 0 Å². The largest absolute Gasteiger partial charge is 0.334 e. The molecular formula is C21H27N3O2. The standard InChI is InChI=1S/C21H27N3O2/c1-4-8-20(25)23-19-12-7-10-17(13-19)14-22-21(26)24(3)15-18-11-6-5-9-16(18)2/h5-7,9-13H,4,8,14-15H2,1-3H3,(H,22,26)(H,23,25). The van der Waals surface area contributed by atoms with Crippen LogP contribution in [0.5, 0.6) is 0 Å². The topological polar surface area (TPSA) is 61.4 Å². The van der Waals surface area contributed by atoms with Gasteiger partial charge in [0, 0.05) is 32.2 Å². The molecule has 138 valence electrons. The summed E-state index contributed by atoms with van der Waals surface area (Å²) in [5.74, 6) is 0.00616. The van der Waals surface area contributed by atoms with Crippen molar-refractivity contribution in [3.05, 3.63) is 65.2 Å². The van der Waals surface area contributed by atoms with Gasteiger partial charge < -0.3 is 15.5 Å². The van der Waals surface area contributed by atoms with E-state index in [0.29, 0.717) is 19.5 Å². The summed E-state index contributed by atoms with van der Waals surface area (Å²) in [4.78, 5) is 25.7. The molecule has 2 rings (SSSR count). The van der Waals surface area contributed by atoms with Crippen molar-refractivity contribution in [3.63, 3.8) is 0 Å². The van der Waals surface area contributed by atoms with Gasteiger partial charge in [0.15, 0.2) is 0 Å². The van der Waals surface area contributed by atoms with Crippen LogP contribution < -0.4 is 10.6 Å². The van der Waals surface area contributed by atoms with Gasteiger partial charge in [-0.1, -0.05) is 43.3 Å². The molecule has 0 radical (unpaired) electrons. The fourth-order valence-corrected chi connectivity index (χ4v) is 2.64. The van der Waals surface area contributed by atoms with Crippen LogP contribution in [0.15, 0.2) is 48.5 Å². The molecule has 0 spiro atoms. The maximum absolute atomic E-state index is 12.3. The Kier molecular flexibility index (Phi) is 7.21. The molecule has 0 aliphatic heterocycles. The number of anilines is 1. The third kappa shape index (κ3) is 5.92. The van der Waals surface area contributed by atoms with E-state index in [-0.39, 0.29) is 11.9 Å². The molecule has 0 aromatic heterocycles. The molecule has 0 atom stereocenters. The highest BCUT2D eigenvalue weighted by Gasteiger charge is 2.10. The van der Waals surface area contributed by atoms with E-state index in [1.807, 2.05) is 62.4 Å². The minimum Gasteiger partial charge on any atom is -0.334 e. The molecule has 0 bridgehead atoms. The monoisotopic (exact) mass is 353 g/mol. The zero-order valence-corrected chi connectivity index (χ0v) is 15.7. The number of nitrogens with one attached hydrogen (secondary N) is 2. The highest BCUT2D eigenvalue weighted by molar-refractivity contribution is 5.90. The smallest absolute Gasteiger partial charge is 0.317 e. The Morgan fingerprint density at radius 1 is 1.08 bits per heavy atom. The van der Waals surface area contributed by atoms with E-state index in [4.69, 9.17) is 0 Å². The van der Waals surface area contributed by atoms with Gasteiger partial charge in [0.25, 0.3) is 0 Å². The SMILES string of the molecule is CCCC(=O)Nc1cccc(CNC(=O)N(C)Cc2ccccc2C)c1. The number of aryl methyl sites for hydroxylation is 1. The van der Waals surface area contributed by atoms with Gasteiger partial charge in [-0.2, -0.15) is 0 Å². The molecule has 0 heterocycles. The molecule has 3 amide bonds. The number of carbonyl (C=O) groups excluding carboxylic acids is 2. The van der Waals surface area contributed by atoms with Crippen LogP contribution >= 0.6 is 0 Å². The first-order chi connectivity index (χ1) is 12.5. The lowest BCUT2D eigenvalue weighted by molar-refractivity contribution is -0.116. The normalized spacial score (nSPS) is 10.3. The van der Waals surface area contributed by atoms with Gasteiger partial charge in [-0.15, -0.1) is 0 Å². The summed E-state index contributed by atoms with van der Waals surface area (Å²) < 4.78 is 0. The molecule has 0 aliphatic rings. The van der Waals surface area contributed by atoms with Crippen molar-refractivity contribution in [2.24, 2.45) is 0 Å². The van der Waals surface area contributed by atoms with Crippen LogP contribution in [0, 0.1) is 6.92 Å². The molecular weight excluding hydrogens is 326 g/mol. The second-order valence-electron chi connectivity index (χ2n) is 6.44. The van der Waals surface area contributed by atoms with Gasteiger partial charge in [-0.05, 0) is 42.2 Å². The summed E-state index contributed by atoms with van der Waals surface area (Å²) in [7, 11) is 1.78. The van der Waals surface area contributed by atoms with Gasteiger partial charge >= 0.3 is 6.03 Å². The quantitative estimate of drug-likeness (QED) is 0.788. The van der Waals surface area contributed by atoms with Crippen molar-refractivity contribution in [1.29, 1.82) is 0 Å². The first-order valence-electron chi connectivity index (χ1n) is 8.92. The Morgan fingerprint density at radius 2 is 1.85 bits per heavy atom. The maximum atomic E-state index is 12.3. The molecule has 5 nitrogen and oxygen atoms in total. The summed E-state index contributed by atoms with van der Waals surface area (Å²) in [5.41, 5.74) is 3.99. The van der Waals surface area contributed by atoms with Crippen LogP contribution in [-0.4, -0.2) is 23.9 Å². The van der Waals surface area contributed by atoms with E-state index < -0.39 is 0 Å². The lowest BCUT2D eigenvalue weighted by Gasteiger charge is -2.19. The minimum absolute atomic E-state index is 0.00616. The van der Waals surface area contributed by atoms with E-state index >= 15 is 0 Å². The maximum Gasteiger partial charge on any atom is 0.317 e. The van der Waals surface area contributed by atoms with Crippen molar-refractivity contribution in [1.82, 2.24) is 10.2 Å².